The van der Waals surface area contributed by atoms with Crippen LogP contribution < -0.4 is 0 Å². The summed E-state index contributed by atoms with van der Waals surface area (Å²) >= 11 is 0. The average molecular weight is 473 g/mol. The molecule has 2 aliphatic heterocycles. The molecule has 1 aromatic carbocycles. The van der Waals surface area contributed by atoms with Crippen LogP contribution in [0.5, 0.6) is 0 Å². The van der Waals surface area contributed by atoms with E-state index in [1.54, 1.807) is 40.8 Å². The average Bonchev–Trinajstić information content (AvgIpc) is 3.23. The second-order valence-electron chi connectivity index (χ2n) is 10.7. The summed E-state index contributed by atoms with van der Waals surface area (Å²) < 4.78 is 22.6. The molecule has 9 nitrogen and oxygen atoms in total. The Bertz CT molecular complexity index is 1110. The Balaban J connectivity index is 1.85. The fourth-order valence-electron chi connectivity index (χ4n) is 4.76. The first-order valence-electron chi connectivity index (χ1n) is 11.4. The molecular weight excluding hydrogens is 440 g/mol. The fourth-order valence-corrected chi connectivity index (χ4v) is 4.76. The molecule has 9 heteroatoms. The minimum Gasteiger partial charge on any atom is -0.444 e. The highest BCUT2D eigenvalue weighted by molar-refractivity contribution is 5.99. The maximum absolute atomic E-state index is 13.4. The van der Waals surface area contributed by atoms with Crippen molar-refractivity contribution in [3.8, 4) is 0 Å². The minimum atomic E-state index is -1.37. The number of amides is 1. The number of fused-ring (bicyclic) bond motifs is 1. The standard InChI is InChI=1S/C25H32N2O7/c1-23(2,3)34-22(30)27-17(13-31-24(27,4)5)18(15-12-26-16-11-9-8-10-14(15)16)19-20(28)32-25(6,7)33-21(19)29/h8-12,17-19,26H,13H2,1-7H3/t17-,18+/m0/s1. The van der Waals surface area contributed by atoms with Crippen LogP contribution in [0.4, 0.5) is 4.79 Å². The minimum absolute atomic E-state index is 0.0941. The van der Waals surface area contributed by atoms with Crippen LogP contribution in [0.15, 0.2) is 30.5 Å². The maximum atomic E-state index is 13.4. The van der Waals surface area contributed by atoms with Gasteiger partial charge in [-0.3, -0.25) is 14.5 Å². The van der Waals surface area contributed by atoms with Crippen LogP contribution in [-0.4, -0.2) is 57.7 Å². The summed E-state index contributed by atoms with van der Waals surface area (Å²) in [7, 11) is 0. The van der Waals surface area contributed by atoms with E-state index in [9.17, 15) is 14.4 Å². The normalized spacial score (nSPS) is 23.5. The number of carbonyl (C=O) groups is 3. The molecule has 2 saturated heterocycles. The summed E-state index contributed by atoms with van der Waals surface area (Å²) in [5, 5.41) is 0.826. The van der Waals surface area contributed by atoms with Crippen molar-refractivity contribution in [2.75, 3.05) is 6.61 Å². The van der Waals surface area contributed by atoms with Crippen LogP contribution in [0, 0.1) is 5.92 Å². The molecule has 2 fully saturated rings. The summed E-state index contributed by atoms with van der Waals surface area (Å²) in [5.74, 6) is -4.87. The molecule has 0 bridgehead atoms. The van der Waals surface area contributed by atoms with Gasteiger partial charge in [-0.1, -0.05) is 18.2 Å². The smallest absolute Gasteiger partial charge is 0.412 e. The third-order valence-corrected chi connectivity index (χ3v) is 6.06. The van der Waals surface area contributed by atoms with Crippen molar-refractivity contribution in [1.29, 1.82) is 0 Å². The number of benzene rings is 1. The van der Waals surface area contributed by atoms with E-state index in [0.717, 1.165) is 10.9 Å². The number of aromatic amines is 1. The first kappa shape index (κ1) is 24.1. The highest BCUT2D eigenvalue weighted by Gasteiger charge is 2.56. The number of nitrogens with one attached hydrogen (secondary N) is 1. The molecular formula is C25H32N2O7. The molecule has 34 heavy (non-hydrogen) atoms. The molecule has 2 atom stereocenters. The second-order valence-corrected chi connectivity index (χ2v) is 10.7. The highest BCUT2D eigenvalue weighted by atomic mass is 16.7. The molecule has 184 valence electrons. The lowest BCUT2D eigenvalue weighted by atomic mass is 9.79. The Labute approximate surface area is 198 Å². The van der Waals surface area contributed by atoms with E-state index in [4.69, 9.17) is 18.9 Å². The predicted molar refractivity (Wildman–Crippen MR) is 123 cm³/mol. The molecule has 0 saturated carbocycles. The lowest BCUT2D eigenvalue weighted by molar-refractivity contribution is -0.241. The van der Waals surface area contributed by atoms with Crippen LogP contribution in [-0.2, 0) is 28.5 Å². The van der Waals surface area contributed by atoms with E-state index in [1.165, 1.54) is 18.7 Å². The molecule has 0 spiro atoms. The lowest BCUT2D eigenvalue weighted by Crippen LogP contribution is -2.56. The van der Waals surface area contributed by atoms with Gasteiger partial charge >= 0.3 is 18.0 Å². The molecule has 0 radical (unpaired) electrons. The number of ether oxygens (including phenoxy) is 4. The van der Waals surface area contributed by atoms with Gasteiger partial charge in [-0.15, -0.1) is 0 Å². The topological polar surface area (TPSA) is 107 Å². The summed E-state index contributed by atoms with van der Waals surface area (Å²) in [6, 6.07) is 6.86. The van der Waals surface area contributed by atoms with E-state index in [1.807, 2.05) is 24.3 Å². The third kappa shape index (κ3) is 4.36. The largest absolute Gasteiger partial charge is 0.444 e. The van der Waals surface area contributed by atoms with Crippen molar-refractivity contribution in [1.82, 2.24) is 9.88 Å². The number of rotatable bonds is 3. The zero-order valence-corrected chi connectivity index (χ0v) is 20.6. The Morgan fingerprint density at radius 1 is 1.12 bits per heavy atom. The molecule has 2 aliphatic rings. The van der Waals surface area contributed by atoms with Crippen LogP contribution in [0.3, 0.4) is 0 Å². The van der Waals surface area contributed by atoms with E-state index in [0.29, 0.717) is 5.56 Å². The highest BCUT2D eigenvalue weighted by Crippen LogP contribution is 2.44. The number of carbonyl (C=O) groups excluding carboxylic acids is 3. The molecule has 1 aromatic heterocycles. The van der Waals surface area contributed by atoms with Gasteiger partial charge in [0.25, 0.3) is 5.79 Å². The summed E-state index contributed by atoms with van der Waals surface area (Å²) in [4.78, 5) is 44.5. The molecule has 0 aliphatic carbocycles. The zero-order chi connectivity index (χ0) is 25.1. The Morgan fingerprint density at radius 2 is 1.74 bits per heavy atom. The zero-order valence-electron chi connectivity index (χ0n) is 20.6. The van der Waals surface area contributed by atoms with Gasteiger partial charge in [-0.25, -0.2) is 4.79 Å². The van der Waals surface area contributed by atoms with Crippen molar-refractivity contribution < 1.29 is 33.3 Å². The van der Waals surface area contributed by atoms with Crippen molar-refractivity contribution in [3.63, 3.8) is 0 Å². The first-order valence-corrected chi connectivity index (χ1v) is 11.4. The molecule has 4 rings (SSSR count). The van der Waals surface area contributed by atoms with Crippen molar-refractivity contribution in [3.05, 3.63) is 36.0 Å². The number of H-pyrrole nitrogens is 1. The molecule has 1 amide bonds. The number of cyclic esters (lactones) is 2. The number of nitrogens with zero attached hydrogens (tertiary/aromatic N) is 1. The molecule has 1 N–H and O–H groups in total. The van der Waals surface area contributed by atoms with Gasteiger partial charge in [0.2, 0.25) is 0 Å². The molecule has 2 aromatic rings. The fraction of sp³-hybridized carbons (Fsp3) is 0.560. The predicted octanol–water partition coefficient (Wildman–Crippen LogP) is 4.08. The van der Waals surface area contributed by atoms with E-state index in [2.05, 4.69) is 4.98 Å². The van der Waals surface area contributed by atoms with Crippen molar-refractivity contribution >= 4 is 28.9 Å². The Morgan fingerprint density at radius 3 is 2.35 bits per heavy atom. The van der Waals surface area contributed by atoms with Gasteiger partial charge in [-0.2, -0.15) is 0 Å². The first-order chi connectivity index (χ1) is 15.7. The van der Waals surface area contributed by atoms with Crippen LogP contribution in [0.25, 0.3) is 10.9 Å². The van der Waals surface area contributed by atoms with Gasteiger partial charge in [0, 0.05) is 36.9 Å². The van der Waals surface area contributed by atoms with Gasteiger partial charge in [0.1, 0.15) is 11.3 Å². The molecule has 0 unspecified atom stereocenters. The van der Waals surface area contributed by atoms with Crippen molar-refractivity contribution in [2.45, 2.75) is 77.5 Å². The van der Waals surface area contributed by atoms with Gasteiger partial charge in [0.15, 0.2) is 5.92 Å². The Kier molecular flexibility index (Phi) is 5.67. The molecule has 3 heterocycles. The summed E-state index contributed by atoms with van der Waals surface area (Å²) in [6.07, 6.45) is 1.16. The summed E-state index contributed by atoms with van der Waals surface area (Å²) in [5.41, 5.74) is -0.251. The number of para-hydroxylation sites is 1. The second kappa shape index (κ2) is 8.01. The van der Waals surface area contributed by atoms with Crippen molar-refractivity contribution in [2.24, 2.45) is 5.92 Å². The number of esters is 2. The summed E-state index contributed by atoms with van der Waals surface area (Å²) in [6.45, 7) is 11.9. The van der Waals surface area contributed by atoms with Crippen LogP contribution in [0.1, 0.15) is 59.9 Å². The van der Waals surface area contributed by atoms with E-state index in [-0.39, 0.29) is 6.61 Å². The quantitative estimate of drug-likeness (QED) is 0.530. The third-order valence-electron chi connectivity index (χ3n) is 6.06. The van der Waals surface area contributed by atoms with E-state index >= 15 is 0 Å². The van der Waals surface area contributed by atoms with Gasteiger partial charge in [-0.05, 0) is 46.2 Å². The van der Waals surface area contributed by atoms with Crippen LogP contribution in [0.2, 0.25) is 0 Å². The number of aromatic nitrogens is 1. The SMILES string of the molecule is CC(C)(C)OC(=O)N1[C@H]([C@@H](c2c[nH]c3ccccc23)C2C(=O)OC(C)(C)OC2=O)COC1(C)C. The monoisotopic (exact) mass is 472 g/mol. The van der Waals surface area contributed by atoms with E-state index < -0.39 is 53.0 Å². The van der Waals surface area contributed by atoms with Crippen LogP contribution >= 0.6 is 0 Å². The number of hydrogen-bond acceptors (Lipinski definition) is 7. The van der Waals surface area contributed by atoms with Gasteiger partial charge < -0.3 is 23.9 Å². The number of hydrogen-bond donors (Lipinski definition) is 1. The Hall–Kier alpha value is -3.07. The van der Waals surface area contributed by atoms with Gasteiger partial charge in [0.05, 0.1) is 12.6 Å². The maximum Gasteiger partial charge on any atom is 0.412 e. The lowest BCUT2D eigenvalue weighted by Gasteiger charge is -2.41.